The van der Waals surface area contributed by atoms with Crippen LogP contribution < -0.4 is 10.6 Å². The van der Waals surface area contributed by atoms with Gasteiger partial charge in [-0.2, -0.15) is 0 Å². The molecule has 0 aliphatic rings. The lowest BCUT2D eigenvalue weighted by atomic mass is 10.0. The van der Waals surface area contributed by atoms with E-state index in [0.717, 1.165) is 20.9 Å². The van der Waals surface area contributed by atoms with Crippen molar-refractivity contribution in [3.8, 4) is 0 Å². The van der Waals surface area contributed by atoms with Crippen LogP contribution in [0.15, 0.2) is 84.1 Å². The second-order valence-corrected chi connectivity index (χ2v) is 12.1. The van der Waals surface area contributed by atoms with E-state index in [2.05, 4.69) is 63.6 Å². The second-order valence-electron chi connectivity index (χ2n) is 10.2. The molecule has 2 N–H and O–H groups in total. The van der Waals surface area contributed by atoms with Crippen LogP contribution in [0.1, 0.15) is 34.7 Å². The molecular weight excluding hydrogens is 571 g/mol. The van der Waals surface area contributed by atoms with Gasteiger partial charge in [0.1, 0.15) is 13.2 Å². The highest BCUT2D eigenvalue weighted by Crippen LogP contribution is 2.13. The van der Waals surface area contributed by atoms with Gasteiger partial charge in [-0.1, -0.05) is 60.7 Å². The molecule has 0 unspecified atom stereocenters. The third-order valence-electron chi connectivity index (χ3n) is 6.59. The Balaban J connectivity index is 1.44. The molecule has 222 valence electrons. The van der Waals surface area contributed by atoms with Gasteiger partial charge in [0.05, 0.1) is 20.8 Å². The molecule has 4 rings (SSSR count). The lowest BCUT2D eigenvalue weighted by Crippen LogP contribution is -2.52. The number of ether oxygens (including phenoxy) is 2. The van der Waals surface area contributed by atoms with Crippen LogP contribution >= 0.6 is 22.7 Å². The first-order valence-corrected chi connectivity index (χ1v) is 15.6. The number of thiazole rings is 2. The highest BCUT2D eigenvalue weighted by Gasteiger charge is 2.24. The molecule has 4 aromatic rings. The van der Waals surface area contributed by atoms with Crippen molar-refractivity contribution in [3.05, 3.63) is 105 Å². The van der Waals surface area contributed by atoms with E-state index in [1.54, 1.807) is 23.4 Å². The minimum absolute atomic E-state index is 0.145. The standard InChI is InChI=1S/C31H37N5O4S2/c1-23(2)36(17-26(13-24-9-5-3-6-10-24)34-30(37)39-19-28-15-32-21-41-28)18-27(14-25-11-7-4-8-12-25)35-31(38)40-20-29-16-33-22-42-29/h3-12,15-16,21-23,26-27H,13-14,17-20H2,1-2H3,(H,34,37)(H,35,38)/t26-,27+. The minimum atomic E-state index is -0.473. The van der Waals surface area contributed by atoms with E-state index in [0.29, 0.717) is 25.9 Å². The number of carbonyl (C=O) groups is 2. The van der Waals surface area contributed by atoms with E-state index in [1.807, 2.05) is 36.4 Å². The van der Waals surface area contributed by atoms with Gasteiger partial charge < -0.3 is 20.1 Å². The molecule has 2 aromatic heterocycles. The fourth-order valence-electron chi connectivity index (χ4n) is 4.50. The maximum absolute atomic E-state index is 12.8. The van der Waals surface area contributed by atoms with Gasteiger partial charge >= 0.3 is 12.2 Å². The molecule has 2 amide bonds. The molecule has 0 aliphatic heterocycles. The minimum Gasteiger partial charge on any atom is -0.444 e. The van der Waals surface area contributed by atoms with E-state index in [-0.39, 0.29) is 31.3 Å². The third kappa shape index (κ3) is 10.9. The third-order valence-corrected chi connectivity index (χ3v) is 8.10. The van der Waals surface area contributed by atoms with Gasteiger partial charge in [0.2, 0.25) is 0 Å². The SMILES string of the molecule is CC(C)N(C[C@@H](Cc1ccccc1)NC(=O)OCc1cncs1)C[C@H](Cc1ccccc1)NC(=O)OCc1cncs1. The number of alkyl carbamates (subject to hydrolysis) is 2. The molecule has 2 aromatic carbocycles. The Labute approximate surface area is 254 Å². The number of amides is 2. The number of benzene rings is 2. The van der Waals surface area contributed by atoms with Crippen LogP contribution in [-0.4, -0.2) is 58.3 Å². The van der Waals surface area contributed by atoms with Crippen molar-refractivity contribution in [2.75, 3.05) is 13.1 Å². The van der Waals surface area contributed by atoms with Crippen molar-refractivity contribution in [3.63, 3.8) is 0 Å². The quantitative estimate of drug-likeness (QED) is 0.179. The van der Waals surface area contributed by atoms with Gasteiger partial charge in [0.15, 0.2) is 0 Å². The summed E-state index contributed by atoms with van der Waals surface area (Å²) in [6.45, 7) is 5.70. The van der Waals surface area contributed by atoms with Crippen LogP contribution in [0, 0.1) is 0 Å². The van der Waals surface area contributed by atoms with Gasteiger partial charge in [-0.15, -0.1) is 22.7 Å². The molecule has 0 radical (unpaired) electrons. The molecule has 11 heteroatoms. The lowest BCUT2D eigenvalue weighted by Gasteiger charge is -2.34. The van der Waals surface area contributed by atoms with Crippen LogP contribution in [0.3, 0.4) is 0 Å². The van der Waals surface area contributed by atoms with Crippen molar-refractivity contribution < 1.29 is 19.1 Å². The normalized spacial score (nSPS) is 12.6. The van der Waals surface area contributed by atoms with Gasteiger partial charge in [0, 0.05) is 43.6 Å². The number of aromatic nitrogens is 2. The van der Waals surface area contributed by atoms with E-state index in [9.17, 15) is 9.59 Å². The molecule has 9 nitrogen and oxygen atoms in total. The average molecular weight is 608 g/mol. The van der Waals surface area contributed by atoms with Crippen molar-refractivity contribution in [2.45, 2.75) is 58.0 Å². The molecule has 42 heavy (non-hydrogen) atoms. The Morgan fingerprint density at radius 3 is 1.52 bits per heavy atom. The first kappa shape index (κ1) is 31.1. The second kappa shape index (κ2) is 16.6. The average Bonchev–Trinajstić information content (AvgIpc) is 3.70. The van der Waals surface area contributed by atoms with Crippen LogP contribution in [0.5, 0.6) is 0 Å². The van der Waals surface area contributed by atoms with Gasteiger partial charge in [-0.3, -0.25) is 14.9 Å². The largest absolute Gasteiger partial charge is 0.444 e. The molecule has 0 saturated heterocycles. The van der Waals surface area contributed by atoms with Crippen molar-refractivity contribution >= 4 is 34.9 Å². The highest BCUT2D eigenvalue weighted by atomic mass is 32.1. The fourth-order valence-corrected chi connectivity index (χ4v) is 5.51. The number of hydrogen-bond donors (Lipinski definition) is 2. The van der Waals surface area contributed by atoms with Gasteiger partial charge in [-0.25, -0.2) is 9.59 Å². The summed E-state index contributed by atoms with van der Waals surface area (Å²) in [6.07, 6.45) is 3.71. The summed E-state index contributed by atoms with van der Waals surface area (Å²) in [7, 11) is 0. The number of rotatable bonds is 15. The van der Waals surface area contributed by atoms with Crippen molar-refractivity contribution in [2.24, 2.45) is 0 Å². The Morgan fingerprint density at radius 1 is 0.738 bits per heavy atom. The number of nitrogens with one attached hydrogen (secondary N) is 2. The van der Waals surface area contributed by atoms with Gasteiger partial charge in [-0.05, 0) is 37.8 Å². The number of carbonyl (C=O) groups excluding carboxylic acids is 2. The van der Waals surface area contributed by atoms with E-state index in [1.165, 1.54) is 22.7 Å². The number of hydrogen-bond acceptors (Lipinski definition) is 9. The van der Waals surface area contributed by atoms with Crippen molar-refractivity contribution in [1.29, 1.82) is 0 Å². The van der Waals surface area contributed by atoms with Crippen LogP contribution in [-0.2, 0) is 35.5 Å². The molecule has 0 aliphatic carbocycles. The molecule has 0 spiro atoms. The Kier molecular flexibility index (Phi) is 12.3. The Bertz CT molecular complexity index is 1220. The summed E-state index contributed by atoms with van der Waals surface area (Å²) in [5, 5.41) is 6.16. The smallest absolute Gasteiger partial charge is 0.407 e. The summed E-state index contributed by atoms with van der Waals surface area (Å²) in [4.78, 5) is 37.8. The summed E-state index contributed by atoms with van der Waals surface area (Å²) in [6, 6.07) is 19.8. The van der Waals surface area contributed by atoms with Crippen LogP contribution in [0.25, 0.3) is 0 Å². The maximum Gasteiger partial charge on any atom is 0.407 e. The molecule has 2 heterocycles. The molecule has 0 bridgehead atoms. The fraction of sp³-hybridized carbons (Fsp3) is 0.355. The monoisotopic (exact) mass is 607 g/mol. The molecule has 2 atom stereocenters. The first-order chi connectivity index (χ1) is 20.4. The highest BCUT2D eigenvalue weighted by molar-refractivity contribution is 7.09. The van der Waals surface area contributed by atoms with E-state index < -0.39 is 12.2 Å². The topological polar surface area (TPSA) is 106 Å². The lowest BCUT2D eigenvalue weighted by molar-refractivity contribution is 0.121. The maximum atomic E-state index is 12.8. The molecular formula is C31H37N5O4S2. The summed E-state index contributed by atoms with van der Waals surface area (Å²) < 4.78 is 11.0. The van der Waals surface area contributed by atoms with E-state index >= 15 is 0 Å². The Morgan fingerprint density at radius 2 is 1.17 bits per heavy atom. The zero-order valence-corrected chi connectivity index (χ0v) is 25.5. The summed E-state index contributed by atoms with van der Waals surface area (Å²) in [5.41, 5.74) is 5.65. The van der Waals surface area contributed by atoms with E-state index in [4.69, 9.17) is 9.47 Å². The molecule has 0 fully saturated rings. The van der Waals surface area contributed by atoms with Crippen LogP contribution in [0.4, 0.5) is 9.59 Å². The van der Waals surface area contributed by atoms with Crippen LogP contribution in [0.2, 0.25) is 0 Å². The van der Waals surface area contributed by atoms with Crippen molar-refractivity contribution in [1.82, 2.24) is 25.5 Å². The molecule has 0 saturated carbocycles. The Hall–Kier alpha value is -3.80. The predicted octanol–water partition coefficient (Wildman–Crippen LogP) is 5.69. The first-order valence-electron chi connectivity index (χ1n) is 13.9. The number of nitrogens with zero attached hydrogens (tertiary/aromatic N) is 3. The zero-order valence-electron chi connectivity index (χ0n) is 23.8. The zero-order chi connectivity index (χ0) is 29.6. The summed E-state index contributed by atoms with van der Waals surface area (Å²) >= 11 is 2.89. The summed E-state index contributed by atoms with van der Waals surface area (Å²) in [5.74, 6) is 0. The predicted molar refractivity (Wildman–Crippen MR) is 165 cm³/mol. The van der Waals surface area contributed by atoms with Gasteiger partial charge in [0.25, 0.3) is 0 Å².